The van der Waals surface area contributed by atoms with Crippen LogP contribution in [0.15, 0.2) is 47.3 Å². The zero-order valence-corrected chi connectivity index (χ0v) is 20.5. The number of benzene rings is 2. The standard InChI is InChI=1S/C25H28N4O5S/c1-33-14-4-13-29-24(32)19-11-6-16(15-20(19)27-25(29)35)23(31)28-12-3-5-21(28)22(30)26-17-7-9-18(34-2)10-8-17/h6-11,15,21H,3-5,12-14H2,1-2H3,(H,26,30)(H,27,35). The Morgan fingerprint density at radius 3 is 2.66 bits per heavy atom. The average Bonchev–Trinajstić information content (AvgIpc) is 3.36. The Labute approximate surface area is 207 Å². The molecule has 1 saturated heterocycles. The Morgan fingerprint density at radius 2 is 1.94 bits per heavy atom. The second kappa shape index (κ2) is 10.8. The minimum absolute atomic E-state index is 0.211. The summed E-state index contributed by atoms with van der Waals surface area (Å²) < 4.78 is 12.0. The van der Waals surface area contributed by atoms with Gasteiger partial charge in [-0.15, -0.1) is 0 Å². The van der Waals surface area contributed by atoms with Crippen molar-refractivity contribution in [2.45, 2.75) is 31.8 Å². The molecule has 1 aliphatic rings. The van der Waals surface area contributed by atoms with Gasteiger partial charge >= 0.3 is 0 Å². The quantitative estimate of drug-likeness (QED) is 0.366. The van der Waals surface area contributed by atoms with Crippen LogP contribution in [0.5, 0.6) is 5.75 Å². The fraction of sp³-hybridized carbons (Fsp3) is 0.360. The lowest BCUT2D eigenvalue weighted by Gasteiger charge is -2.24. The van der Waals surface area contributed by atoms with Gasteiger partial charge in [0.1, 0.15) is 11.8 Å². The molecule has 0 radical (unpaired) electrons. The van der Waals surface area contributed by atoms with Gasteiger partial charge in [0.15, 0.2) is 4.77 Å². The molecule has 184 valence electrons. The van der Waals surface area contributed by atoms with E-state index in [4.69, 9.17) is 21.7 Å². The van der Waals surface area contributed by atoms with Crippen molar-refractivity contribution in [1.82, 2.24) is 14.5 Å². The van der Waals surface area contributed by atoms with E-state index in [1.807, 2.05) is 0 Å². The van der Waals surface area contributed by atoms with Gasteiger partial charge in [0, 0.05) is 38.1 Å². The van der Waals surface area contributed by atoms with Crippen molar-refractivity contribution in [1.29, 1.82) is 0 Å². The number of rotatable bonds is 8. The van der Waals surface area contributed by atoms with Crippen LogP contribution in [0.25, 0.3) is 10.9 Å². The summed E-state index contributed by atoms with van der Waals surface area (Å²) in [5.41, 5.74) is 1.31. The summed E-state index contributed by atoms with van der Waals surface area (Å²) in [4.78, 5) is 43.9. The number of H-pyrrole nitrogens is 1. The first-order valence-corrected chi connectivity index (χ1v) is 11.9. The highest BCUT2D eigenvalue weighted by atomic mass is 32.1. The number of ether oxygens (including phenoxy) is 2. The van der Waals surface area contributed by atoms with E-state index in [-0.39, 0.29) is 17.4 Å². The van der Waals surface area contributed by atoms with Crippen molar-refractivity contribution in [3.63, 3.8) is 0 Å². The number of carbonyl (C=O) groups excluding carboxylic acids is 2. The fourth-order valence-corrected chi connectivity index (χ4v) is 4.59. The second-order valence-corrected chi connectivity index (χ2v) is 8.75. The first-order valence-electron chi connectivity index (χ1n) is 11.4. The van der Waals surface area contributed by atoms with E-state index in [9.17, 15) is 14.4 Å². The van der Waals surface area contributed by atoms with Crippen molar-refractivity contribution in [2.75, 3.05) is 32.7 Å². The minimum atomic E-state index is -0.576. The number of fused-ring (bicyclic) bond motifs is 1. The van der Waals surface area contributed by atoms with Gasteiger partial charge in [-0.2, -0.15) is 0 Å². The molecule has 1 unspecified atom stereocenters. The number of carbonyl (C=O) groups is 2. The van der Waals surface area contributed by atoms with Crippen LogP contribution in [0.2, 0.25) is 0 Å². The number of nitrogens with one attached hydrogen (secondary N) is 2. The third-order valence-corrected chi connectivity index (χ3v) is 6.46. The van der Waals surface area contributed by atoms with Gasteiger partial charge in [0.05, 0.1) is 18.0 Å². The molecule has 0 aliphatic carbocycles. The summed E-state index contributed by atoms with van der Waals surface area (Å²) >= 11 is 5.37. The summed E-state index contributed by atoms with van der Waals surface area (Å²) in [6.07, 6.45) is 1.97. The number of hydrogen-bond acceptors (Lipinski definition) is 6. The summed E-state index contributed by atoms with van der Waals surface area (Å²) in [5, 5.41) is 3.33. The Bertz CT molecular complexity index is 1350. The number of aromatic nitrogens is 2. The first-order chi connectivity index (χ1) is 16.9. The number of amides is 2. The summed E-state index contributed by atoms with van der Waals surface area (Å²) in [5.74, 6) is 0.195. The molecule has 2 N–H and O–H groups in total. The molecular formula is C25H28N4O5S. The molecule has 1 aromatic heterocycles. The van der Waals surface area contributed by atoms with Crippen LogP contribution < -0.4 is 15.6 Å². The monoisotopic (exact) mass is 496 g/mol. The van der Waals surface area contributed by atoms with Crippen LogP contribution in [0.1, 0.15) is 29.6 Å². The maximum Gasteiger partial charge on any atom is 0.262 e. The van der Waals surface area contributed by atoms with E-state index in [0.717, 1.165) is 6.42 Å². The molecule has 0 spiro atoms. The second-order valence-electron chi connectivity index (χ2n) is 8.37. The number of anilines is 1. The molecule has 10 heteroatoms. The lowest BCUT2D eigenvalue weighted by atomic mass is 10.1. The van der Waals surface area contributed by atoms with E-state index in [1.54, 1.807) is 61.6 Å². The van der Waals surface area contributed by atoms with Crippen LogP contribution in [0, 0.1) is 4.77 Å². The Morgan fingerprint density at radius 1 is 1.17 bits per heavy atom. The van der Waals surface area contributed by atoms with Crippen molar-refractivity contribution in [3.8, 4) is 5.75 Å². The molecule has 3 aromatic rings. The van der Waals surface area contributed by atoms with E-state index in [1.165, 1.54) is 4.57 Å². The lowest BCUT2D eigenvalue weighted by Crippen LogP contribution is -2.43. The highest BCUT2D eigenvalue weighted by molar-refractivity contribution is 7.71. The van der Waals surface area contributed by atoms with Crippen LogP contribution in [0.4, 0.5) is 5.69 Å². The molecule has 9 nitrogen and oxygen atoms in total. The van der Waals surface area contributed by atoms with Crippen molar-refractivity contribution in [2.24, 2.45) is 0 Å². The number of hydrogen-bond donors (Lipinski definition) is 2. The molecule has 2 heterocycles. The van der Waals surface area contributed by atoms with Gasteiger partial charge in [-0.3, -0.25) is 19.0 Å². The number of aromatic amines is 1. The highest BCUT2D eigenvalue weighted by Gasteiger charge is 2.34. The summed E-state index contributed by atoms with van der Waals surface area (Å²) in [6.45, 7) is 1.45. The first kappa shape index (κ1) is 24.6. The molecular weight excluding hydrogens is 468 g/mol. The van der Waals surface area contributed by atoms with E-state index < -0.39 is 6.04 Å². The molecule has 1 fully saturated rings. The minimum Gasteiger partial charge on any atom is -0.497 e. The molecule has 0 bridgehead atoms. The van der Waals surface area contributed by atoms with E-state index in [2.05, 4.69) is 10.3 Å². The Balaban J connectivity index is 1.54. The number of methoxy groups -OCH3 is 2. The van der Waals surface area contributed by atoms with Crippen LogP contribution in [-0.4, -0.2) is 59.7 Å². The van der Waals surface area contributed by atoms with Crippen LogP contribution >= 0.6 is 12.2 Å². The zero-order valence-electron chi connectivity index (χ0n) is 19.7. The van der Waals surface area contributed by atoms with Crippen molar-refractivity contribution >= 4 is 40.6 Å². The molecule has 35 heavy (non-hydrogen) atoms. The van der Waals surface area contributed by atoms with Gasteiger partial charge in [-0.05, 0) is 73.9 Å². The summed E-state index contributed by atoms with van der Waals surface area (Å²) in [7, 11) is 3.18. The van der Waals surface area contributed by atoms with Crippen molar-refractivity contribution in [3.05, 3.63) is 63.2 Å². The average molecular weight is 497 g/mol. The SMILES string of the molecule is COCCCn1c(=S)[nH]c2cc(C(=O)N3CCCC3C(=O)Nc3ccc(OC)cc3)ccc2c1=O. The van der Waals surface area contributed by atoms with E-state index >= 15 is 0 Å². The molecule has 0 saturated carbocycles. The van der Waals surface area contributed by atoms with Gasteiger partial charge in [0.25, 0.3) is 11.5 Å². The predicted molar refractivity (Wildman–Crippen MR) is 136 cm³/mol. The van der Waals surface area contributed by atoms with Gasteiger partial charge in [0.2, 0.25) is 5.91 Å². The summed E-state index contributed by atoms with van der Waals surface area (Å²) in [6, 6.07) is 11.3. The molecule has 1 aliphatic heterocycles. The highest BCUT2D eigenvalue weighted by Crippen LogP contribution is 2.23. The van der Waals surface area contributed by atoms with E-state index in [0.29, 0.717) is 65.2 Å². The molecule has 2 aromatic carbocycles. The number of nitrogens with zero attached hydrogens (tertiary/aromatic N) is 2. The predicted octanol–water partition coefficient (Wildman–Crippen LogP) is 3.35. The number of likely N-dealkylation sites (tertiary alicyclic amines) is 1. The largest absolute Gasteiger partial charge is 0.497 e. The maximum absolute atomic E-state index is 13.3. The van der Waals surface area contributed by atoms with Crippen LogP contribution in [-0.2, 0) is 16.1 Å². The van der Waals surface area contributed by atoms with Crippen LogP contribution in [0.3, 0.4) is 0 Å². The zero-order chi connectivity index (χ0) is 24.9. The molecule has 1 atom stereocenters. The third kappa shape index (κ3) is 5.28. The normalized spacial score (nSPS) is 15.4. The van der Waals surface area contributed by atoms with Gasteiger partial charge < -0.3 is 24.7 Å². The Kier molecular flexibility index (Phi) is 7.62. The molecule has 4 rings (SSSR count). The fourth-order valence-electron chi connectivity index (χ4n) is 4.31. The third-order valence-electron chi connectivity index (χ3n) is 6.13. The molecule has 2 amide bonds. The maximum atomic E-state index is 13.3. The lowest BCUT2D eigenvalue weighted by molar-refractivity contribution is -0.119. The smallest absolute Gasteiger partial charge is 0.262 e. The Hall–Kier alpha value is -3.50. The van der Waals surface area contributed by atoms with Crippen molar-refractivity contribution < 1.29 is 19.1 Å². The van der Waals surface area contributed by atoms with Gasteiger partial charge in [-0.25, -0.2) is 0 Å². The van der Waals surface area contributed by atoms with Gasteiger partial charge in [-0.1, -0.05) is 0 Å². The topological polar surface area (TPSA) is 106 Å².